The highest BCUT2D eigenvalue weighted by Crippen LogP contribution is 2.27. The molecule has 1 heterocycles. The van der Waals surface area contributed by atoms with Gasteiger partial charge in [-0.1, -0.05) is 17.7 Å². The Morgan fingerprint density at radius 3 is 2.81 bits per heavy atom. The van der Waals surface area contributed by atoms with Crippen molar-refractivity contribution in [3.05, 3.63) is 40.4 Å². The lowest BCUT2D eigenvalue weighted by molar-refractivity contribution is 0.291. The molecule has 0 radical (unpaired) electrons. The van der Waals surface area contributed by atoms with Crippen LogP contribution in [0.3, 0.4) is 0 Å². The van der Waals surface area contributed by atoms with Crippen LogP contribution in [-0.2, 0) is 20.2 Å². The van der Waals surface area contributed by atoms with Gasteiger partial charge in [-0.25, -0.2) is 0 Å². The largest absolute Gasteiger partial charge is 0.484 e. The second-order valence-electron chi connectivity index (χ2n) is 5.43. The van der Waals surface area contributed by atoms with E-state index in [1.165, 1.54) is 18.4 Å². The minimum Gasteiger partial charge on any atom is -0.484 e. The zero-order valence-corrected chi connectivity index (χ0v) is 13.0. The topological polar surface area (TPSA) is 52.0 Å². The summed E-state index contributed by atoms with van der Waals surface area (Å²) in [6.45, 7) is 3.12. The standard InChI is InChI=1S/C15H19ClN4O/c1-10-18-19-15(20(10)2)9-21-14-6-3-11(7-13(14)16)8-17-12-4-5-12/h3,6-7,12,17H,4-5,8-9H2,1-2H3. The fraction of sp³-hybridized carbons (Fsp3) is 0.467. The van der Waals surface area contributed by atoms with Crippen LogP contribution in [0.2, 0.25) is 5.02 Å². The van der Waals surface area contributed by atoms with Crippen LogP contribution in [0.4, 0.5) is 0 Å². The number of benzene rings is 1. The van der Waals surface area contributed by atoms with Crippen molar-refractivity contribution < 1.29 is 4.74 Å². The molecular formula is C15H19ClN4O. The molecule has 1 aliphatic carbocycles. The van der Waals surface area contributed by atoms with E-state index in [4.69, 9.17) is 16.3 Å². The van der Waals surface area contributed by atoms with E-state index in [1.807, 2.05) is 36.7 Å². The summed E-state index contributed by atoms with van der Waals surface area (Å²) in [5.74, 6) is 2.32. The van der Waals surface area contributed by atoms with Crippen molar-refractivity contribution in [3.8, 4) is 5.75 Å². The third kappa shape index (κ3) is 3.54. The third-order valence-electron chi connectivity index (χ3n) is 3.71. The van der Waals surface area contributed by atoms with Crippen LogP contribution < -0.4 is 10.1 Å². The van der Waals surface area contributed by atoms with E-state index in [9.17, 15) is 0 Å². The summed E-state index contributed by atoms with van der Waals surface area (Å²) in [6, 6.07) is 6.60. The van der Waals surface area contributed by atoms with Crippen LogP contribution in [0.15, 0.2) is 18.2 Å². The van der Waals surface area contributed by atoms with Gasteiger partial charge in [-0.2, -0.15) is 0 Å². The lowest BCUT2D eigenvalue weighted by Crippen LogP contribution is -2.15. The number of halogens is 1. The van der Waals surface area contributed by atoms with Crippen LogP contribution in [0.25, 0.3) is 0 Å². The zero-order valence-electron chi connectivity index (χ0n) is 12.3. The molecule has 1 aromatic carbocycles. The molecule has 0 unspecified atom stereocenters. The Hall–Kier alpha value is -1.59. The lowest BCUT2D eigenvalue weighted by atomic mass is 10.2. The van der Waals surface area contributed by atoms with Gasteiger partial charge in [0.1, 0.15) is 18.2 Å². The smallest absolute Gasteiger partial charge is 0.170 e. The van der Waals surface area contributed by atoms with Crippen molar-refractivity contribution in [1.29, 1.82) is 0 Å². The first-order chi connectivity index (χ1) is 10.1. The minimum absolute atomic E-state index is 0.358. The SMILES string of the molecule is Cc1nnc(COc2ccc(CNC3CC3)cc2Cl)n1C. The summed E-state index contributed by atoms with van der Waals surface area (Å²) in [5, 5.41) is 12.2. The average molecular weight is 307 g/mol. The minimum atomic E-state index is 0.358. The number of ether oxygens (including phenoxy) is 1. The highest BCUT2D eigenvalue weighted by molar-refractivity contribution is 6.32. The van der Waals surface area contributed by atoms with Crippen LogP contribution in [0.1, 0.15) is 30.1 Å². The van der Waals surface area contributed by atoms with E-state index in [0.717, 1.165) is 18.2 Å². The molecule has 112 valence electrons. The molecule has 1 saturated carbocycles. The Bertz CT molecular complexity index is 637. The van der Waals surface area contributed by atoms with Gasteiger partial charge in [-0.3, -0.25) is 0 Å². The van der Waals surface area contributed by atoms with Gasteiger partial charge in [-0.15, -0.1) is 10.2 Å². The maximum absolute atomic E-state index is 6.28. The summed E-state index contributed by atoms with van der Waals surface area (Å²) in [5.41, 5.74) is 1.17. The quantitative estimate of drug-likeness (QED) is 0.891. The van der Waals surface area contributed by atoms with Crippen molar-refractivity contribution in [2.45, 2.75) is 39.0 Å². The molecule has 1 aliphatic rings. The summed E-state index contributed by atoms with van der Waals surface area (Å²) in [4.78, 5) is 0. The van der Waals surface area contributed by atoms with E-state index < -0.39 is 0 Å². The van der Waals surface area contributed by atoms with Crippen molar-refractivity contribution in [2.75, 3.05) is 0 Å². The maximum Gasteiger partial charge on any atom is 0.170 e. The van der Waals surface area contributed by atoms with Crippen molar-refractivity contribution in [1.82, 2.24) is 20.1 Å². The molecule has 21 heavy (non-hydrogen) atoms. The van der Waals surface area contributed by atoms with Gasteiger partial charge in [0.05, 0.1) is 5.02 Å². The van der Waals surface area contributed by atoms with E-state index >= 15 is 0 Å². The van der Waals surface area contributed by atoms with Gasteiger partial charge in [0.15, 0.2) is 5.82 Å². The van der Waals surface area contributed by atoms with E-state index in [-0.39, 0.29) is 0 Å². The molecule has 1 aromatic heterocycles. The molecule has 6 heteroatoms. The summed E-state index contributed by atoms with van der Waals surface area (Å²) in [6.07, 6.45) is 2.57. The van der Waals surface area contributed by atoms with Gasteiger partial charge in [0.25, 0.3) is 0 Å². The second kappa shape index (κ2) is 6.03. The molecular weight excluding hydrogens is 288 g/mol. The number of aryl methyl sites for hydroxylation is 1. The van der Waals surface area contributed by atoms with Crippen LogP contribution >= 0.6 is 11.6 Å². The predicted molar refractivity (Wildman–Crippen MR) is 81.4 cm³/mol. The highest BCUT2D eigenvalue weighted by atomic mass is 35.5. The highest BCUT2D eigenvalue weighted by Gasteiger charge is 2.20. The molecule has 2 aromatic rings. The first-order valence-corrected chi connectivity index (χ1v) is 7.51. The molecule has 0 aliphatic heterocycles. The first kappa shape index (κ1) is 14.4. The van der Waals surface area contributed by atoms with E-state index in [0.29, 0.717) is 23.4 Å². The Morgan fingerprint density at radius 1 is 1.38 bits per heavy atom. The van der Waals surface area contributed by atoms with Gasteiger partial charge >= 0.3 is 0 Å². The maximum atomic E-state index is 6.28. The van der Waals surface area contributed by atoms with Crippen LogP contribution in [0, 0.1) is 6.92 Å². The Morgan fingerprint density at radius 2 is 2.19 bits per heavy atom. The predicted octanol–water partition coefficient (Wildman–Crippen LogP) is 2.61. The monoisotopic (exact) mass is 306 g/mol. The molecule has 0 bridgehead atoms. The molecule has 1 fully saturated rings. The zero-order chi connectivity index (χ0) is 14.8. The number of nitrogens with one attached hydrogen (secondary N) is 1. The average Bonchev–Trinajstić information content (AvgIpc) is 3.25. The number of hydrogen-bond donors (Lipinski definition) is 1. The van der Waals surface area contributed by atoms with Crippen molar-refractivity contribution in [2.24, 2.45) is 7.05 Å². The van der Waals surface area contributed by atoms with Crippen molar-refractivity contribution in [3.63, 3.8) is 0 Å². The van der Waals surface area contributed by atoms with Crippen molar-refractivity contribution >= 4 is 11.6 Å². The first-order valence-electron chi connectivity index (χ1n) is 7.13. The molecule has 0 atom stereocenters. The van der Waals surface area contributed by atoms with Crippen LogP contribution in [0.5, 0.6) is 5.75 Å². The number of aromatic nitrogens is 3. The van der Waals surface area contributed by atoms with E-state index in [2.05, 4.69) is 15.5 Å². The molecule has 5 nitrogen and oxygen atoms in total. The molecule has 0 saturated heterocycles. The fourth-order valence-electron chi connectivity index (χ4n) is 2.04. The summed E-state index contributed by atoms with van der Waals surface area (Å²) < 4.78 is 7.64. The number of hydrogen-bond acceptors (Lipinski definition) is 4. The molecule has 1 N–H and O–H groups in total. The van der Waals surface area contributed by atoms with Gasteiger partial charge in [0.2, 0.25) is 0 Å². The van der Waals surface area contributed by atoms with Gasteiger partial charge in [0, 0.05) is 19.6 Å². The second-order valence-corrected chi connectivity index (χ2v) is 5.84. The molecule has 0 spiro atoms. The Kier molecular flexibility index (Phi) is 4.12. The van der Waals surface area contributed by atoms with E-state index in [1.54, 1.807) is 0 Å². The fourth-order valence-corrected chi connectivity index (χ4v) is 2.30. The number of rotatable bonds is 6. The normalized spacial score (nSPS) is 14.4. The Labute approximate surface area is 129 Å². The van der Waals surface area contributed by atoms with Gasteiger partial charge in [-0.05, 0) is 37.5 Å². The third-order valence-corrected chi connectivity index (χ3v) is 4.00. The summed E-state index contributed by atoms with van der Waals surface area (Å²) >= 11 is 6.28. The lowest BCUT2D eigenvalue weighted by Gasteiger charge is -2.10. The Balaban J connectivity index is 1.61. The van der Waals surface area contributed by atoms with Gasteiger partial charge < -0.3 is 14.6 Å². The number of nitrogens with zero attached hydrogens (tertiary/aromatic N) is 3. The van der Waals surface area contributed by atoms with Crippen LogP contribution in [-0.4, -0.2) is 20.8 Å². The molecule has 0 amide bonds. The summed E-state index contributed by atoms with van der Waals surface area (Å²) in [7, 11) is 1.92. The molecule has 3 rings (SSSR count).